The first-order valence-corrected chi connectivity index (χ1v) is 27.8. The van der Waals surface area contributed by atoms with Crippen molar-refractivity contribution in [1.82, 2.24) is 5.32 Å². The predicted molar refractivity (Wildman–Crippen MR) is 285 cm³/mol. The first-order chi connectivity index (χ1) is 31.7. The van der Waals surface area contributed by atoms with Gasteiger partial charge in [-0.05, 0) is 83.5 Å². The third-order valence-electron chi connectivity index (χ3n) is 12.3. The normalized spacial score (nSPS) is 13.5. The van der Waals surface area contributed by atoms with Crippen LogP contribution < -0.4 is 5.32 Å². The van der Waals surface area contributed by atoms with Crippen molar-refractivity contribution in [2.45, 2.75) is 283 Å². The van der Waals surface area contributed by atoms with E-state index in [1.165, 1.54) is 186 Å². The van der Waals surface area contributed by atoms with E-state index in [1.54, 1.807) is 6.08 Å². The van der Waals surface area contributed by atoms with Gasteiger partial charge < -0.3 is 15.5 Å². The molecule has 4 nitrogen and oxygen atoms in total. The average Bonchev–Trinajstić information content (AvgIpc) is 3.30. The van der Waals surface area contributed by atoms with E-state index in [9.17, 15) is 15.0 Å². The largest absolute Gasteiger partial charge is 0.394 e. The zero-order chi connectivity index (χ0) is 46.3. The summed E-state index contributed by atoms with van der Waals surface area (Å²) in [4.78, 5) is 12.5. The molecule has 0 aliphatic carbocycles. The Hall–Kier alpha value is -2.43. The first kappa shape index (κ1) is 61.6. The molecule has 0 spiro atoms. The molecule has 0 aliphatic rings. The number of rotatable bonds is 50. The van der Waals surface area contributed by atoms with Crippen LogP contribution in [0.1, 0.15) is 271 Å². The highest BCUT2D eigenvalue weighted by molar-refractivity contribution is 5.76. The molecule has 0 aromatic carbocycles. The molecule has 0 saturated carbocycles. The van der Waals surface area contributed by atoms with Crippen LogP contribution in [-0.2, 0) is 4.79 Å². The molecule has 2 unspecified atom stereocenters. The molecule has 0 fully saturated rings. The zero-order valence-corrected chi connectivity index (χ0v) is 42.5. The van der Waals surface area contributed by atoms with Gasteiger partial charge in [0.05, 0.1) is 18.8 Å². The number of nitrogens with one attached hydrogen (secondary N) is 1. The van der Waals surface area contributed by atoms with Crippen molar-refractivity contribution in [1.29, 1.82) is 0 Å². The van der Waals surface area contributed by atoms with Gasteiger partial charge >= 0.3 is 0 Å². The van der Waals surface area contributed by atoms with Crippen molar-refractivity contribution in [3.63, 3.8) is 0 Å². The minimum Gasteiger partial charge on any atom is -0.394 e. The van der Waals surface area contributed by atoms with Gasteiger partial charge in [0.1, 0.15) is 0 Å². The predicted octanol–water partition coefficient (Wildman–Crippen LogP) is 18.4. The van der Waals surface area contributed by atoms with Crippen molar-refractivity contribution in [3.05, 3.63) is 85.1 Å². The van der Waals surface area contributed by atoms with Crippen LogP contribution in [0.3, 0.4) is 0 Å². The SMILES string of the molecule is CC/C=C\C/C=C\C/C=C\C/C=C\CCCCCCCCCCCCCCCCCCC(=O)NC(CO)C(O)/C=C/CC/C=C/CC/C=C/CCCCCCCCCCCCCCC. The van der Waals surface area contributed by atoms with Gasteiger partial charge in [-0.2, -0.15) is 0 Å². The Morgan fingerprint density at radius 3 is 1.09 bits per heavy atom. The molecule has 2 atom stereocenters. The number of hydrogen-bond acceptors (Lipinski definition) is 3. The van der Waals surface area contributed by atoms with E-state index in [2.05, 4.69) is 92.1 Å². The lowest BCUT2D eigenvalue weighted by Crippen LogP contribution is -2.45. The third-order valence-corrected chi connectivity index (χ3v) is 12.3. The lowest BCUT2D eigenvalue weighted by Gasteiger charge is -2.19. The second-order valence-corrected chi connectivity index (χ2v) is 18.6. The monoisotopic (exact) mass is 890 g/mol. The van der Waals surface area contributed by atoms with Crippen LogP contribution in [0.2, 0.25) is 0 Å². The number of allylic oxidation sites excluding steroid dienone is 13. The number of aliphatic hydroxyl groups is 2. The second kappa shape index (κ2) is 54.9. The zero-order valence-electron chi connectivity index (χ0n) is 42.5. The average molecular weight is 891 g/mol. The molecule has 0 aromatic heterocycles. The molecule has 4 heteroatoms. The summed E-state index contributed by atoms with van der Waals surface area (Å²) in [5.41, 5.74) is 0. The number of carbonyl (C=O) groups is 1. The fourth-order valence-electron chi connectivity index (χ4n) is 8.14. The Bertz CT molecular complexity index is 1150. The Morgan fingerprint density at radius 1 is 0.391 bits per heavy atom. The molecule has 64 heavy (non-hydrogen) atoms. The van der Waals surface area contributed by atoms with Crippen molar-refractivity contribution < 1.29 is 15.0 Å². The number of aliphatic hydroxyl groups excluding tert-OH is 2. The van der Waals surface area contributed by atoms with E-state index in [0.29, 0.717) is 6.42 Å². The third kappa shape index (κ3) is 50.6. The maximum Gasteiger partial charge on any atom is 0.220 e. The summed E-state index contributed by atoms with van der Waals surface area (Å²) in [5.74, 6) is -0.0782. The van der Waals surface area contributed by atoms with Crippen LogP contribution in [0.4, 0.5) is 0 Å². The topological polar surface area (TPSA) is 69.6 Å². The van der Waals surface area contributed by atoms with Crippen LogP contribution in [0.25, 0.3) is 0 Å². The molecule has 0 heterocycles. The van der Waals surface area contributed by atoms with Gasteiger partial charge in [-0.15, -0.1) is 0 Å². The Kier molecular flexibility index (Phi) is 52.8. The maximum atomic E-state index is 12.5. The highest BCUT2D eigenvalue weighted by Crippen LogP contribution is 2.16. The van der Waals surface area contributed by atoms with E-state index < -0.39 is 12.1 Å². The van der Waals surface area contributed by atoms with Crippen LogP contribution in [-0.4, -0.2) is 34.9 Å². The molecular weight excluding hydrogens is 783 g/mol. The number of unbranched alkanes of at least 4 members (excludes halogenated alkanes) is 31. The summed E-state index contributed by atoms with van der Waals surface area (Å²) in [7, 11) is 0. The van der Waals surface area contributed by atoms with E-state index in [-0.39, 0.29) is 12.5 Å². The molecule has 0 rings (SSSR count). The fraction of sp³-hybridized carbons (Fsp3) is 0.750. The molecule has 1 amide bonds. The van der Waals surface area contributed by atoms with Gasteiger partial charge in [-0.1, -0.05) is 266 Å². The minimum atomic E-state index is -0.874. The molecule has 0 saturated heterocycles. The molecule has 370 valence electrons. The smallest absolute Gasteiger partial charge is 0.220 e. The van der Waals surface area contributed by atoms with E-state index in [4.69, 9.17) is 0 Å². The Labute approximate surface area is 399 Å². The highest BCUT2D eigenvalue weighted by Gasteiger charge is 2.17. The van der Waals surface area contributed by atoms with Gasteiger partial charge in [0.25, 0.3) is 0 Å². The Balaban J connectivity index is 3.56. The van der Waals surface area contributed by atoms with Gasteiger partial charge in [-0.25, -0.2) is 0 Å². The van der Waals surface area contributed by atoms with E-state index in [0.717, 1.165) is 64.2 Å². The summed E-state index contributed by atoms with van der Waals surface area (Å²) in [6.45, 7) is 4.20. The van der Waals surface area contributed by atoms with E-state index >= 15 is 0 Å². The van der Waals surface area contributed by atoms with Crippen molar-refractivity contribution >= 4 is 5.91 Å². The summed E-state index contributed by atoms with van der Waals surface area (Å²) < 4.78 is 0. The quantitative estimate of drug-likeness (QED) is 0.0421. The minimum absolute atomic E-state index is 0.0782. The van der Waals surface area contributed by atoms with E-state index in [1.807, 2.05) is 6.08 Å². The fourth-order valence-corrected chi connectivity index (χ4v) is 8.14. The number of carbonyl (C=O) groups excluding carboxylic acids is 1. The van der Waals surface area contributed by atoms with Gasteiger partial charge in [-0.3, -0.25) is 4.79 Å². The summed E-state index contributed by atoms with van der Waals surface area (Å²) in [6.07, 6.45) is 80.3. The first-order valence-electron chi connectivity index (χ1n) is 27.8. The molecule has 0 aliphatic heterocycles. The van der Waals surface area contributed by atoms with Crippen LogP contribution in [0, 0.1) is 0 Å². The van der Waals surface area contributed by atoms with Crippen LogP contribution >= 0.6 is 0 Å². The van der Waals surface area contributed by atoms with Crippen LogP contribution in [0.5, 0.6) is 0 Å². The van der Waals surface area contributed by atoms with Crippen molar-refractivity contribution in [3.8, 4) is 0 Å². The van der Waals surface area contributed by atoms with Gasteiger partial charge in [0.15, 0.2) is 0 Å². The standard InChI is InChI=1S/C60H107NO3/c1-3-5-7-9-11-13-15-17-19-21-23-25-27-28-29-30-31-32-34-36-38-40-42-44-46-48-50-52-54-56-60(64)61-58(57-62)59(63)55-53-51-49-47-45-43-41-39-37-35-33-26-24-22-20-18-16-14-12-10-8-6-4-2/h5,7,11,13,17,19,23,25,37,39,45,47,53,55,58-59,62-63H,3-4,6,8-10,12,14-16,18,20-22,24,26-36,38,40-44,46,48-52,54,56-57H2,1-2H3,(H,61,64)/b7-5-,13-11-,19-17-,25-23-,39-37+,47-45+,55-53+. The molecule has 3 N–H and O–H groups in total. The number of hydrogen-bond donors (Lipinski definition) is 3. The van der Waals surface area contributed by atoms with Crippen LogP contribution in [0.15, 0.2) is 85.1 Å². The van der Waals surface area contributed by atoms with Gasteiger partial charge in [0.2, 0.25) is 5.91 Å². The molecule has 0 radical (unpaired) electrons. The van der Waals surface area contributed by atoms with Gasteiger partial charge in [0, 0.05) is 6.42 Å². The highest BCUT2D eigenvalue weighted by atomic mass is 16.3. The number of amides is 1. The lowest BCUT2D eigenvalue weighted by molar-refractivity contribution is -0.123. The lowest BCUT2D eigenvalue weighted by atomic mass is 10.0. The second-order valence-electron chi connectivity index (χ2n) is 18.6. The van der Waals surface area contributed by atoms with Crippen molar-refractivity contribution in [2.75, 3.05) is 6.61 Å². The maximum absolute atomic E-state index is 12.5. The molecule has 0 aromatic rings. The van der Waals surface area contributed by atoms with Crippen molar-refractivity contribution in [2.24, 2.45) is 0 Å². The Morgan fingerprint density at radius 2 is 0.703 bits per heavy atom. The summed E-state index contributed by atoms with van der Waals surface area (Å²) in [6, 6.07) is -0.650. The molecular formula is C60H107NO3. The summed E-state index contributed by atoms with van der Waals surface area (Å²) in [5, 5.41) is 23.1. The molecule has 0 bridgehead atoms. The summed E-state index contributed by atoms with van der Waals surface area (Å²) >= 11 is 0.